The zero-order chi connectivity index (χ0) is 11.8. The summed E-state index contributed by atoms with van der Waals surface area (Å²) in [7, 11) is 1.33. The summed E-state index contributed by atoms with van der Waals surface area (Å²) in [5.74, 6) is -0.0883. The van der Waals surface area contributed by atoms with Gasteiger partial charge in [-0.1, -0.05) is 25.8 Å². The summed E-state index contributed by atoms with van der Waals surface area (Å²) in [6, 6.07) is 0. The van der Waals surface area contributed by atoms with Crippen molar-refractivity contribution >= 4 is 11.8 Å². The van der Waals surface area contributed by atoms with E-state index in [1.807, 2.05) is 0 Å². The Hall–Kier alpha value is -1.12. The zero-order valence-corrected chi connectivity index (χ0v) is 9.91. The maximum absolute atomic E-state index is 12.4. The molecule has 2 aliphatic rings. The monoisotopic (exact) mass is 222 g/mol. The van der Waals surface area contributed by atoms with E-state index in [1.165, 1.54) is 7.11 Å². The van der Waals surface area contributed by atoms with Crippen LogP contribution in [0.1, 0.15) is 39.0 Å². The van der Waals surface area contributed by atoms with Gasteiger partial charge in [0.1, 0.15) is 0 Å². The third-order valence-corrected chi connectivity index (χ3v) is 4.22. The van der Waals surface area contributed by atoms with Crippen molar-refractivity contribution in [3.8, 4) is 0 Å². The number of hydrogen-bond donors (Lipinski definition) is 0. The maximum Gasteiger partial charge on any atom is 0.341 e. The van der Waals surface area contributed by atoms with Crippen LogP contribution in [0.5, 0.6) is 0 Å². The van der Waals surface area contributed by atoms with Crippen LogP contribution in [0.4, 0.5) is 0 Å². The van der Waals surface area contributed by atoms with Crippen LogP contribution < -0.4 is 0 Å². The molecule has 0 aromatic rings. The number of Topliss-reactive ketones (excluding diaryl/α,β-unsaturated/α-hetero) is 1. The van der Waals surface area contributed by atoms with E-state index in [0.717, 1.165) is 32.1 Å². The first-order valence-corrected chi connectivity index (χ1v) is 5.95. The van der Waals surface area contributed by atoms with Crippen LogP contribution in [0.3, 0.4) is 0 Å². The number of ketones is 1. The van der Waals surface area contributed by atoms with E-state index in [4.69, 9.17) is 0 Å². The molecule has 1 atom stereocenters. The Kier molecular flexibility index (Phi) is 2.87. The number of ether oxygens (including phenoxy) is 1. The lowest BCUT2D eigenvalue weighted by atomic mass is 9.65. The second-order valence-electron chi connectivity index (χ2n) is 4.94. The van der Waals surface area contributed by atoms with E-state index in [9.17, 15) is 9.59 Å². The number of methoxy groups -OCH3 is 1. The van der Waals surface area contributed by atoms with E-state index in [2.05, 4.69) is 11.7 Å². The number of carbonyl (C=O) groups is 2. The third kappa shape index (κ3) is 1.49. The minimum absolute atomic E-state index is 0.0237. The summed E-state index contributed by atoms with van der Waals surface area (Å²) in [5, 5.41) is 0. The number of rotatable bonds is 1. The predicted molar refractivity (Wildman–Crippen MR) is 59.8 cm³/mol. The van der Waals surface area contributed by atoms with Gasteiger partial charge in [0.25, 0.3) is 0 Å². The van der Waals surface area contributed by atoms with Crippen LogP contribution in [-0.4, -0.2) is 18.9 Å². The number of allylic oxidation sites excluding steroid dienone is 1. The molecule has 0 heterocycles. The highest BCUT2D eigenvalue weighted by atomic mass is 16.5. The second kappa shape index (κ2) is 4.04. The average Bonchev–Trinajstić information content (AvgIpc) is 2.76. The largest absolute Gasteiger partial charge is 0.465 e. The van der Waals surface area contributed by atoms with Crippen molar-refractivity contribution in [3.63, 3.8) is 0 Å². The van der Waals surface area contributed by atoms with Crippen molar-refractivity contribution in [3.05, 3.63) is 11.6 Å². The fourth-order valence-electron chi connectivity index (χ4n) is 3.12. The molecule has 1 spiro atoms. The molecule has 0 aromatic carbocycles. The normalized spacial score (nSPS) is 28.0. The second-order valence-corrected chi connectivity index (χ2v) is 4.94. The molecular weight excluding hydrogens is 204 g/mol. The Morgan fingerprint density at radius 3 is 2.62 bits per heavy atom. The van der Waals surface area contributed by atoms with Gasteiger partial charge in [-0.2, -0.15) is 0 Å². The molecule has 2 aliphatic carbocycles. The first-order valence-electron chi connectivity index (χ1n) is 5.95. The average molecular weight is 222 g/mol. The first-order chi connectivity index (χ1) is 7.62. The van der Waals surface area contributed by atoms with Crippen LogP contribution in [0.15, 0.2) is 11.6 Å². The molecule has 3 nitrogen and oxygen atoms in total. The van der Waals surface area contributed by atoms with E-state index < -0.39 is 5.97 Å². The van der Waals surface area contributed by atoms with Crippen molar-refractivity contribution < 1.29 is 14.3 Å². The molecule has 0 radical (unpaired) electrons. The summed E-state index contributed by atoms with van der Waals surface area (Å²) in [6.07, 6.45) is 6.64. The summed E-state index contributed by atoms with van der Waals surface area (Å²) >= 11 is 0. The molecule has 2 rings (SSSR count). The smallest absolute Gasteiger partial charge is 0.341 e. The van der Waals surface area contributed by atoms with Gasteiger partial charge in [-0.3, -0.25) is 4.79 Å². The summed E-state index contributed by atoms with van der Waals surface area (Å²) in [5.41, 5.74) is 0.0145. The lowest BCUT2D eigenvalue weighted by Gasteiger charge is -2.37. The Morgan fingerprint density at radius 2 is 2.06 bits per heavy atom. The van der Waals surface area contributed by atoms with Crippen LogP contribution in [-0.2, 0) is 14.3 Å². The molecule has 0 aromatic heterocycles. The van der Waals surface area contributed by atoms with Crippen LogP contribution >= 0.6 is 0 Å². The van der Waals surface area contributed by atoms with Crippen LogP contribution in [0.2, 0.25) is 0 Å². The fourth-order valence-corrected chi connectivity index (χ4v) is 3.12. The van der Waals surface area contributed by atoms with Gasteiger partial charge in [0.05, 0.1) is 12.7 Å². The fraction of sp³-hybridized carbons (Fsp3) is 0.692. The Labute approximate surface area is 95.9 Å². The third-order valence-electron chi connectivity index (χ3n) is 4.22. The molecule has 0 N–H and O–H groups in total. The predicted octanol–water partition coefficient (Wildman–Crippen LogP) is 2.26. The highest BCUT2D eigenvalue weighted by molar-refractivity contribution is 6.20. The highest BCUT2D eigenvalue weighted by Gasteiger charge is 2.49. The number of carbonyl (C=O) groups excluding carboxylic acids is 2. The summed E-state index contributed by atoms with van der Waals surface area (Å²) in [4.78, 5) is 23.9. The molecule has 0 bridgehead atoms. The Bertz CT molecular complexity index is 348. The van der Waals surface area contributed by atoms with Gasteiger partial charge >= 0.3 is 5.97 Å². The molecule has 16 heavy (non-hydrogen) atoms. The van der Waals surface area contributed by atoms with Crippen LogP contribution in [0, 0.1) is 11.3 Å². The van der Waals surface area contributed by atoms with Crippen molar-refractivity contribution in [1.82, 2.24) is 0 Å². The molecule has 3 heteroatoms. The van der Waals surface area contributed by atoms with Gasteiger partial charge in [-0.15, -0.1) is 0 Å². The van der Waals surface area contributed by atoms with Gasteiger partial charge in [-0.25, -0.2) is 4.79 Å². The van der Waals surface area contributed by atoms with Crippen molar-refractivity contribution in [2.45, 2.75) is 39.0 Å². The highest BCUT2D eigenvalue weighted by Crippen LogP contribution is 2.50. The lowest BCUT2D eigenvalue weighted by molar-refractivity contribution is -0.140. The van der Waals surface area contributed by atoms with Gasteiger partial charge in [0.15, 0.2) is 5.78 Å². The minimum Gasteiger partial charge on any atom is -0.465 e. The van der Waals surface area contributed by atoms with E-state index in [0.29, 0.717) is 5.92 Å². The van der Waals surface area contributed by atoms with Gasteiger partial charge in [-0.05, 0) is 25.2 Å². The molecule has 0 aliphatic heterocycles. The summed E-state index contributed by atoms with van der Waals surface area (Å²) in [6.45, 7) is 2.12. The van der Waals surface area contributed by atoms with Crippen molar-refractivity contribution in [2.75, 3.05) is 7.11 Å². The number of hydrogen-bond acceptors (Lipinski definition) is 3. The first kappa shape index (κ1) is 11.4. The van der Waals surface area contributed by atoms with Crippen molar-refractivity contribution in [2.24, 2.45) is 11.3 Å². The minimum atomic E-state index is -0.469. The van der Waals surface area contributed by atoms with E-state index in [-0.39, 0.29) is 16.8 Å². The van der Waals surface area contributed by atoms with Gasteiger partial charge < -0.3 is 4.74 Å². The van der Waals surface area contributed by atoms with Gasteiger partial charge in [0, 0.05) is 5.41 Å². The number of esters is 1. The van der Waals surface area contributed by atoms with E-state index in [1.54, 1.807) is 6.08 Å². The SMILES string of the molecule is COC(=O)C1=CCC(C)C2(CCCC2)C1=O. The van der Waals surface area contributed by atoms with Crippen molar-refractivity contribution in [1.29, 1.82) is 0 Å². The summed E-state index contributed by atoms with van der Waals surface area (Å²) < 4.78 is 4.67. The van der Waals surface area contributed by atoms with E-state index >= 15 is 0 Å². The van der Waals surface area contributed by atoms with Crippen LogP contribution in [0.25, 0.3) is 0 Å². The molecular formula is C13H18O3. The topological polar surface area (TPSA) is 43.4 Å². The quantitative estimate of drug-likeness (QED) is 0.505. The van der Waals surface area contributed by atoms with Gasteiger partial charge in [0.2, 0.25) is 0 Å². The Morgan fingerprint density at radius 1 is 1.44 bits per heavy atom. The Balaban J connectivity index is 2.33. The standard InChI is InChI=1S/C13H18O3/c1-9-5-6-10(12(15)16-2)11(14)13(9)7-3-4-8-13/h6,9H,3-5,7-8H2,1-2H3. The molecule has 0 saturated heterocycles. The molecule has 88 valence electrons. The lowest BCUT2D eigenvalue weighted by Crippen LogP contribution is -2.40. The molecule has 1 fully saturated rings. The molecule has 1 saturated carbocycles. The molecule has 1 unspecified atom stereocenters. The maximum atomic E-state index is 12.4. The zero-order valence-electron chi connectivity index (χ0n) is 9.91. The molecule has 0 amide bonds.